The Labute approximate surface area is 150 Å². The Kier molecular flexibility index (Phi) is 3.87. The molecule has 1 atom stereocenters. The van der Waals surface area contributed by atoms with Crippen molar-refractivity contribution in [2.75, 3.05) is 5.32 Å². The number of aryl methyl sites for hydroxylation is 3. The molecule has 8 heteroatoms. The van der Waals surface area contributed by atoms with Gasteiger partial charge in [-0.1, -0.05) is 5.16 Å². The third kappa shape index (κ3) is 2.79. The summed E-state index contributed by atoms with van der Waals surface area (Å²) in [5, 5.41) is 12.0. The van der Waals surface area contributed by atoms with Gasteiger partial charge < -0.3 is 9.84 Å². The minimum Gasteiger partial charge on any atom is -0.358 e. The molecule has 1 N–H and O–H groups in total. The molecule has 0 unspecified atom stereocenters. The summed E-state index contributed by atoms with van der Waals surface area (Å²) in [6.07, 6.45) is 3.41. The van der Waals surface area contributed by atoms with E-state index in [1.165, 1.54) is 0 Å². The first kappa shape index (κ1) is 16.2. The lowest BCUT2D eigenvalue weighted by molar-refractivity contribution is 0.367. The molecule has 4 aromatic rings. The number of fused-ring (bicyclic) bond motifs is 1. The standard InChI is InChI=1S/C18H19N7O/c1-10-8-15(25-17(20-10)11(2)12(3)23-25)21-13(4)18-22-16(24-26-18)14-6-5-7-19-9-14/h5-9,13,21H,1-4H3/t13-/m1/s1. The molecule has 8 nitrogen and oxygen atoms in total. The first-order chi connectivity index (χ1) is 12.5. The quantitative estimate of drug-likeness (QED) is 0.604. The Morgan fingerprint density at radius 2 is 2.04 bits per heavy atom. The Bertz CT molecular complexity index is 1070. The maximum Gasteiger partial charge on any atom is 0.249 e. The van der Waals surface area contributed by atoms with Crippen molar-refractivity contribution in [1.82, 2.24) is 29.7 Å². The maximum atomic E-state index is 5.43. The molecule has 0 fully saturated rings. The predicted octanol–water partition coefficient (Wildman–Crippen LogP) is 3.27. The van der Waals surface area contributed by atoms with Crippen LogP contribution in [0.2, 0.25) is 0 Å². The van der Waals surface area contributed by atoms with Crippen LogP contribution in [0, 0.1) is 20.8 Å². The van der Waals surface area contributed by atoms with Gasteiger partial charge in [0.1, 0.15) is 11.9 Å². The van der Waals surface area contributed by atoms with Gasteiger partial charge in [0.2, 0.25) is 11.7 Å². The number of nitrogens with one attached hydrogen (secondary N) is 1. The number of nitrogens with zero attached hydrogens (tertiary/aromatic N) is 6. The molecule has 0 radical (unpaired) electrons. The summed E-state index contributed by atoms with van der Waals surface area (Å²) in [5.74, 6) is 1.84. The number of hydrogen-bond acceptors (Lipinski definition) is 7. The van der Waals surface area contributed by atoms with Crippen molar-refractivity contribution in [3.63, 3.8) is 0 Å². The van der Waals surface area contributed by atoms with Crippen LogP contribution in [-0.4, -0.2) is 29.7 Å². The zero-order valence-electron chi connectivity index (χ0n) is 15.1. The van der Waals surface area contributed by atoms with E-state index in [1.54, 1.807) is 12.4 Å². The predicted molar refractivity (Wildman–Crippen MR) is 96.8 cm³/mol. The average Bonchev–Trinajstić information content (AvgIpc) is 3.23. The van der Waals surface area contributed by atoms with Gasteiger partial charge in [-0.2, -0.15) is 14.6 Å². The second-order valence-electron chi connectivity index (χ2n) is 6.29. The van der Waals surface area contributed by atoms with E-state index in [-0.39, 0.29) is 6.04 Å². The molecule has 0 aliphatic heterocycles. The lowest BCUT2D eigenvalue weighted by Crippen LogP contribution is -2.11. The summed E-state index contributed by atoms with van der Waals surface area (Å²) in [6, 6.07) is 5.49. The molecule has 0 saturated carbocycles. The van der Waals surface area contributed by atoms with Crippen LogP contribution in [-0.2, 0) is 0 Å². The highest BCUT2D eigenvalue weighted by Gasteiger charge is 2.18. The van der Waals surface area contributed by atoms with Gasteiger partial charge in [0.25, 0.3) is 0 Å². The normalized spacial score (nSPS) is 12.5. The Hall–Kier alpha value is -3.29. The summed E-state index contributed by atoms with van der Waals surface area (Å²) in [7, 11) is 0. The monoisotopic (exact) mass is 349 g/mol. The third-order valence-corrected chi connectivity index (χ3v) is 4.28. The Balaban J connectivity index is 1.65. The molecule has 4 rings (SSSR count). The molecular weight excluding hydrogens is 330 g/mol. The topological polar surface area (TPSA) is 94.0 Å². The molecule has 0 bridgehead atoms. The first-order valence-electron chi connectivity index (χ1n) is 8.37. The van der Waals surface area contributed by atoms with Gasteiger partial charge in [0.15, 0.2) is 5.65 Å². The van der Waals surface area contributed by atoms with E-state index in [9.17, 15) is 0 Å². The SMILES string of the molecule is Cc1cc(N[C@H](C)c2nc(-c3cccnc3)no2)n2nc(C)c(C)c2n1. The van der Waals surface area contributed by atoms with E-state index in [4.69, 9.17) is 4.52 Å². The van der Waals surface area contributed by atoms with E-state index in [0.717, 1.165) is 34.0 Å². The van der Waals surface area contributed by atoms with Crippen LogP contribution < -0.4 is 5.32 Å². The fourth-order valence-corrected chi connectivity index (χ4v) is 2.76. The number of rotatable bonds is 4. The number of hydrogen-bond donors (Lipinski definition) is 1. The molecule has 132 valence electrons. The maximum absolute atomic E-state index is 5.43. The molecule has 0 aliphatic carbocycles. The molecule has 0 aliphatic rings. The highest BCUT2D eigenvalue weighted by atomic mass is 16.5. The van der Waals surface area contributed by atoms with Crippen LogP contribution in [0.1, 0.15) is 35.8 Å². The number of pyridine rings is 1. The zero-order chi connectivity index (χ0) is 18.3. The van der Waals surface area contributed by atoms with Crippen LogP contribution in [0.5, 0.6) is 0 Å². The van der Waals surface area contributed by atoms with Gasteiger partial charge in [-0.15, -0.1) is 0 Å². The van der Waals surface area contributed by atoms with Gasteiger partial charge in [-0.05, 0) is 39.8 Å². The summed E-state index contributed by atoms with van der Waals surface area (Å²) in [5.41, 5.74) is 4.60. The van der Waals surface area contributed by atoms with E-state index in [2.05, 4.69) is 30.5 Å². The molecular formula is C18H19N7O. The average molecular weight is 349 g/mol. The van der Waals surface area contributed by atoms with Crippen molar-refractivity contribution in [3.8, 4) is 11.4 Å². The summed E-state index contributed by atoms with van der Waals surface area (Å²) in [6.45, 7) is 7.93. The molecule has 4 aromatic heterocycles. The van der Waals surface area contributed by atoms with Crippen LogP contribution >= 0.6 is 0 Å². The summed E-state index contributed by atoms with van der Waals surface area (Å²) in [4.78, 5) is 13.1. The summed E-state index contributed by atoms with van der Waals surface area (Å²) < 4.78 is 7.24. The van der Waals surface area contributed by atoms with E-state index in [0.29, 0.717) is 11.7 Å². The van der Waals surface area contributed by atoms with Crippen LogP contribution in [0.15, 0.2) is 35.1 Å². The highest BCUT2D eigenvalue weighted by molar-refractivity contribution is 5.56. The molecule has 26 heavy (non-hydrogen) atoms. The molecule has 4 heterocycles. The van der Waals surface area contributed by atoms with Gasteiger partial charge >= 0.3 is 0 Å². The second-order valence-corrected chi connectivity index (χ2v) is 6.29. The second kappa shape index (κ2) is 6.21. The minimum absolute atomic E-state index is 0.192. The van der Waals surface area contributed by atoms with Gasteiger partial charge in [0, 0.05) is 35.3 Å². The fraction of sp³-hybridized carbons (Fsp3) is 0.278. The van der Waals surface area contributed by atoms with Gasteiger partial charge in [-0.25, -0.2) is 4.98 Å². The number of anilines is 1. The lowest BCUT2D eigenvalue weighted by atomic mass is 10.2. The van der Waals surface area contributed by atoms with Crippen LogP contribution in [0.25, 0.3) is 17.0 Å². The molecule has 0 aromatic carbocycles. The fourth-order valence-electron chi connectivity index (χ4n) is 2.76. The number of aromatic nitrogens is 6. The highest BCUT2D eigenvalue weighted by Crippen LogP contribution is 2.23. The van der Waals surface area contributed by atoms with Crippen molar-refractivity contribution >= 4 is 11.5 Å². The Morgan fingerprint density at radius 1 is 1.19 bits per heavy atom. The smallest absolute Gasteiger partial charge is 0.249 e. The van der Waals surface area contributed by atoms with Crippen molar-refractivity contribution < 1.29 is 4.52 Å². The van der Waals surface area contributed by atoms with Crippen molar-refractivity contribution in [2.24, 2.45) is 0 Å². The van der Waals surface area contributed by atoms with Crippen LogP contribution in [0.3, 0.4) is 0 Å². The van der Waals surface area contributed by atoms with E-state index >= 15 is 0 Å². The van der Waals surface area contributed by atoms with E-state index in [1.807, 2.05) is 50.4 Å². The largest absolute Gasteiger partial charge is 0.358 e. The zero-order valence-corrected chi connectivity index (χ0v) is 15.1. The van der Waals surface area contributed by atoms with Crippen LogP contribution in [0.4, 0.5) is 5.82 Å². The minimum atomic E-state index is -0.192. The molecule has 0 spiro atoms. The third-order valence-electron chi connectivity index (χ3n) is 4.28. The molecule has 0 amide bonds. The lowest BCUT2D eigenvalue weighted by Gasteiger charge is -2.13. The van der Waals surface area contributed by atoms with Crippen molar-refractivity contribution in [3.05, 3.63) is 53.4 Å². The van der Waals surface area contributed by atoms with Gasteiger partial charge in [0.05, 0.1) is 5.69 Å². The summed E-state index contributed by atoms with van der Waals surface area (Å²) >= 11 is 0. The molecule has 0 saturated heterocycles. The first-order valence-corrected chi connectivity index (χ1v) is 8.37. The van der Waals surface area contributed by atoms with Crippen molar-refractivity contribution in [1.29, 1.82) is 0 Å². The van der Waals surface area contributed by atoms with Gasteiger partial charge in [-0.3, -0.25) is 4.98 Å². The van der Waals surface area contributed by atoms with Crippen molar-refractivity contribution in [2.45, 2.75) is 33.7 Å². The Morgan fingerprint density at radius 3 is 2.81 bits per heavy atom. The van der Waals surface area contributed by atoms with E-state index < -0.39 is 0 Å².